The number of anilines is 2. The van der Waals surface area contributed by atoms with Crippen LogP contribution in [0.4, 0.5) is 16.2 Å². The zero-order valence-corrected chi connectivity index (χ0v) is 11.0. The number of nitrogens with zero attached hydrogens (tertiary/aromatic N) is 1. The van der Waals surface area contributed by atoms with Gasteiger partial charge in [0.15, 0.2) is 0 Å². The summed E-state index contributed by atoms with van der Waals surface area (Å²) in [6, 6.07) is 7.21. The van der Waals surface area contributed by atoms with E-state index in [0.717, 1.165) is 24.2 Å². The van der Waals surface area contributed by atoms with Crippen LogP contribution in [0.5, 0.6) is 0 Å². The Kier molecular flexibility index (Phi) is 4.39. The van der Waals surface area contributed by atoms with Crippen molar-refractivity contribution in [3.63, 3.8) is 0 Å². The number of carbonyl (C=O) groups excluding carboxylic acids is 2. The Hall–Kier alpha value is -2.04. The van der Waals surface area contributed by atoms with Gasteiger partial charge in [0.2, 0.25) is 5.91 Å². The number of amides is 2. The number of nitrogens with one attached hydrogen (secondary N) is 1. The number of rotatable bonds is 5. The van der Waals surface area contributed by atoms with Crippen molar-refractivity contribution < 1.29 is 14.3 Å². The highest BCUT2D eigenvalue weighted by molar-refractivity contribution is 5.92. The minimum absolute atomic E-state index is 0.0233. The van der Waals surface area contributed by atoms with E-state index in [1.807, 2.05) is 12.1 Å². The summed E-state index contributed by atoms with van der Waals surface area (Å²) in [4.78, 5) is 24.5. The minimum atomic E-state index is -0.320. The molecule has 1 saturated heterocycles. The van der Waals surface area contributed by atoms with Gasteiger partial charge in [0.25, 0.3) is 0 Å². The number of cyclic esters (lactones) is 1. The first kappa shape index (κ1) is 13.4. The zero-order valence-electron chi connectivity index (χ0n) is 11.0. The topological polar surface area (TPSA) is 58.6 Å². The van der Waals surface area contributed by atoms with Crippen molar-refractivity contribution in [2.75, 3.05) is 23.4 Å². The summed E-state index contributed by atoms with van der Waals surface area (Å²) in [5.41, 5.74) is 1.53. The summed E-state index contributed by atoms with van der Waals surface area (Å²) in [5, 5.41) is 2.83. The standard InChI is InChI=1S/C14H18N2O3/c1-2-3-4-13(17)15-11-5-7-12(8-6-11)16-9-10-19-14(16)18/h5-8H,2-4,9-10H2,1H3,(H,15,17). The van der Waals surface area contributed by atoms with E-state index in [2.05, 4.69) is 12.2 Å². The molecule has 5 nitrogen and oxygen atoms in total. The average molecular weight is 262 g/mol. The Bertz CT molecular complexity index is 456. The fraction of sp³-hybridized carbons (Fsp3) is 0.429. The van der Waals surface area contributed by atoms with Crippen LogP contribution < -0.4 is 10.2 Å². The van der Waals surface area contributed by atoms with Crippen LogP contribution in [-0.2, 0) is 9.53 Å². The maximum atomic E-state index is 11.6. The second-order valence-corrected chi connectivity index (χ2v) is 4.46. The van der Waals surface area contributed by atoms with Crippen LogP contribution in [0.1, 0.15) is 26.2 Å². The Labute approximate surface area is 112 Å². The summed E-state index contributed by atoms with van der Waals surface area (Å²) < 4.78 is 4.88. The number of hydrogen-bond acceptors (Lipinski definition) is 3. The highest BCUT2D eigenvalue weighted by atomic mass is 16.6. The van der Waals surface area contributed by atoms with Gasteiger partial charge in [-0.25, -0.2) is 4.79 Å². The second kappa shape index (κ2) is 6.22. The molecule has 0 aliphatic carbocycles. The van der Waals surface area contributed by atoms with Crippen LogP contribution in [0.25, 0.3) is 0 Å². The van der Waals surface area contributed by atoms with Gasteiger partial charge in [0.1, 0.15) is 6.61 Å². The third-order valence-corrected chi connectivity index (χ3v) is 2.98. The van der Waals surface area contributed by atoms with Gasteiger partial charge >= 0.3 is 6.09 Å². The van der Waals surface area contributed by atoms with Gasteiger partial charge in [0.05, 0.1) is 6.54 Å². The van der Waals surface area contributed by atoms with Crippen LogP contribution in [-0.4, -0.2) is 25.2 Å². The Morgan fingerprint density at radius 3 is 2.68 bits per heavy atom. The number of hydrogen-bond donors (Lipinski definition) is 1. The monoisotopic (exact) mass is 262 g/mol. The van der Waals surface area contributed by atoms with E-state index in [1.54, 1.807) is 17.0 Å². The first-order valence-electron chi connectivity index (χ1n) is 6.55. The molecule has 0 saturated carbocycles. The van der Waals surface area contributed by atoms with Gasteiger partial charge in [-0.1, -0.05) is 13.3 Å². The molecule has 1 aliphatic rings. The number of unbranched alkanes of at least 4 members (excludes halogenated alkanes) is 1. The van der Waals surface area contributed by atoms with Gasteiger partial charge in [-0.15, -0.1) is 0 Å². The van der Waals surface area contributed by atoms with E-state index in [0.29, 0.717) is 19.6 Å². The van der Waals surface area contributed by atoms with Crippen molar-refractivity contribution >= 4 is 23.4 Å². The van der Waals surface area contributed by atoms with E-state index in [1.165, 1.54) is 0 Å². The molecular weight excluding hydrogens is 244 g/mol. The highest BCUT2D eigenvalue weighted by Crippen LogP contribution is 2.21. The van der Waals surface area contributed by atoms with Crippen LogP contribution >= 0.6 is 0 Å². The summed E-state index contributed by atoms with van der Waals surface area (Å²) in [5.74, 6) is 0.0233. The predicted molar refractivity (Wildman–Crippen MR) is 73.3 cm³/mol. The van der Waals surface area contributed by atoms with Crippen molar-refractivity contribution in [3.8, 4) is 0 Å². The fourth-order valence-corrected chi connectivity index (χ4v) is 1.91. The highest BCUT2D eigenvalue weighted by Gasteiger charge is 2.23. The first-order valence-corrected chi connectivity index (χ1v) is 6.55. The maximum Gasteiger partial charge on any atom is 0.414 e. The largest absolute Gasteiger partial charge is 0.447 e. The molecule has 0 radical (unpaired) electrons. The molecule has 102 valence electrons. The molecule has 1 N–H and O–H groups in total. The molecule has 1 heterocycles. The number of ether oxygens (including phenoxy) is 1. The summed E-state index contributed by atoms with van der Waals surface area (Å²) in [6.45, 7) is 3.05. The maximum absolute atomic E-state index is 11.6. The van der Waals surface area contributed by atoms with Crippen LogP contribution in [0.3, 0.4) is 0 Å². The number of carbonyl (C=O) groups is 2. The molecule has 0 spiro atoms. The first-order chi connectivity index (χ1) is 9.20. The molecule has 1 fully saturated rings. The molecule has 5 heteroatoms. The molecule has 0 aromatic heterocycles. The van der Waals surface area contributed by atoms with Crippen molar-refractivity contribution in [2.45, 2.75) is 26.2 Å². The van der Waals surface area contributed by atoms with E-state index in [9.17, 15) is 9.59 Å². The van der Waals surface area contributed by atoms with E-state index >= 15 is 0 Å². The van der Waals surface area contributed by atoms with E-state index < -0.39 is 0 Å². The Morgan fingerprint density at radius 2 is 2.11 bits per heavy atom. The van der Waals surface area contributed by atoms with E-state index in [-0.39, 0.29) is 12.0 Å². The van der Waals surface area contributed by atoms with Crippen LogP contribution in [0.2, 0.25) is 0 Å². The van der Waals surface area contributed by atoms with Gasteiger partial charge < -0.3 is 10.1 Å². The summed E-state index contributed by atoms with van der Waals surface area (Å²) in [6.07, 6.45) is 2.11. The van der Waals surface area contributed by atoms with Crippen molar-refractivity contribution in [3.05, 3.63) is 24.3 Å². The van der Waals surface area contributed by atoms with Crippen LogP contribution in [0, 0.1) is 0 Å². The molecule has 2 rings (SSSR count). The molecule has 1 aliphatic heterocycles. The molecule has 19 heavy (non-hydrogen) atoms. The minimum Gasteiger partial charge on any atom is -0.447 e. The predicted octanol–water partition coefficient (Wildman–Crippen LogP) is 2.77. The Balaban J connectivity index is 1.94. The summed E-state index contributed by atoms with van der Waals surface area (Å²) >= 11 is 0. The lowest BCUT2D eigenvalue weighted by Crippen LogP contribution is -2.23. The normalized spacial score (nSPS) is 14.4. The lowest BCUT2D eigenvalue weighted by Gasteiger charge is -2.13. The molecule has 1 aromatic rings. The van der Waals surface area contributed by atoms with Crippen molar-refractivity contribution in [1.82, 2.24) is 0 Å². The van der Waals surface area contributed by atoms with Crippen molar-refractivity contribution in [1.29, 1.82) is 0 Å². The third kappa shape index (κ3) is 3.47. The van der Waals surface area contributed by atoms with E-state index in [4.69, 9.17) is 4.74 Å². The zero-order chi connectivity index (χ0) is 13.7. The molecule has 2 amide bonds. The molecular formula is C14H18N2O3. The quantitative estimate of drug-likeness (QED) is 0.887. The second-order valence-electron chi connectivity index (χ2n) is 4.46. The van der Waals surface area contributed by atoms with Crippen molar-refractivity contribution in [2.24, 2.45) is 0 Å². The van der Waals surface area contributed by atoms with Gasteiger partial charge in [-0.05, 0) is 30.7 Å². The SMILES string of the molecule is CCCCC(=O)Nc1ccc(N2CCOC2=O)cc1. The smallest absolute Gasteiger partial charge is 0.414 e. The fourth-order valence-electron chi connectivity index (χ4n) is 1.91. The molecule has 1 aromatic carbocycles. The molecule has 0 unspecified atom stereocenters. The van der Waals surface area contributed by atoms with Gasteiger partial charge in [-0.3, -0.25) is 9.69 Å². The molecule has 0 bridgehead atoms. The average Bonchev–Trinajstić information content (AvgIpc) is 2.83. The Morgan fingerprint density at radius 1 is 1.37 bits per heavy atom. The van der Waals surface area contributed by atoms with Crippen LogP contribution in [0.15, 0.2) is 24.3 Å². The lowest BCUT2D eigenvalue weighted by molar-refractivity contribution is -0.116. The third-order valence-electron chi connectivity index (χ3n) is 2.98. The summed E-state index contributed by atoms with van der Waals surface area (Å²) in [7, 11) is 0. The van der Waals surface area contributed by atoms with Gasteiger partial charge in [-0.2, -0.15) is 0 Å². The number of benzene rings is 1. The lowest BCUT2D eigenvalue weighted by atomic mass is 10.2. The van der Waals surface area contributed by atoms with Gasteiger partial charge in [0, 0.05) is 17.8 Å². The molecule has 0 atom stereocenters.